The first kappa shape index (κ1) is 15.7. The Morgan fingerprint density at radius 3 is 2.27 bits per heavy atom. The van der Waals surface area contributed by atoms with Gasteiger partial charge in [0.15, 0.2) is 0 Å². The van der Waals surface area contributed by atoms with E-state index in [1.807, 2.05) is 0 Å². The Labute approximate surface area is 132 Å². The van der Waals surface area contributed by atoms with Crippen LogP contribution in [0, 0.1) is 5.92 Å². The summed E-state index contributed by atoms with van der Waals surface area (Å²) in [6.07, 6.45) is 3.63. The number of nitrogens with zero attached hydrogens (tertiary/aromatic N) is 3. The van der Waals surface area contributed by atoms with Crippen LogP contribution in [0.4, 0.5) is 4.79 Å². The van der Waals surface area contributed by atoms with Crippen molar-refractivity contribution in [1.29, 1.82) is 0 Å². The Morgan fingerprint density at radius 1 is 1.09 bits per heavy atom. The molecular weight excluding hydrogens is 280 g/mol. The van der Waals surface area contributed by atoms with Crippen molar-refractivity contribution in [3.8, 4) is 0 Å². The summed E-state index contributed by atoms with van der Waals surface area (Å²) in [6.45, 7) is 9.79. The van der Waals surface area contributed by atoms with E-state index in [4.69, 9.17) is 0 Å². The number of hydrogen-bond acceptors (Lipinski definition) is 4. The van der Waals surface area contributed by atoms with Gasteiger partial charge in [-0.05, 0) is 38.1 Å². The van der Waals surface area contributed by atoms with Crippen LogP contribution in [0.2, 0.25) is 0 Å². The van der Waals surface area contributed by atoms with E-state index in [9.17, 15) is 9.59 Å². The van der Waals surface area contributed by atoms with E-state index in [0.717, 1.165) is 58.4 Å². The highest BCUT2D eigenvalue weighted by atomic mass is 16.2. The van der Waals surface area contributed by atoms with Gasteiger partial charge in [0.2, 0.25) is 0 Å². The fourth-order valence-electron chi connectivity index (χ4n) is 3.85. The van der Waals surface area contributed by atoms with E-state index in [1.54, 1.807) is 0 Å². The van der Waals surface area contributed by atoms with Gasteiger partial charge in [-0.15, -0.1) is 0 Å². The number of imide groups is 1. The molecule has 3 amide bonds. The maximum absolute atomic E-state index is 12.8. The first-order valence-electron chi connectivity index (χ1n) is 8.63. The second-order valence-corrected chi connectivity index (χ2v) is 7.12. The van der Waals surface area contributed by atoms with Crippen LogP contribution in [0.5, 0.6) is 0 Å². The van der Waals surface area contributed by atoms with Crippen molar-refractivity contribution in [2.24, 2.45) is 5.92 Å². The van der Waals surface area contributed by atoms with Crippen molar-refractivity contribution >= 4 is 11.9 Å². The third kappa shape index (κ3) is 2.86. The molecule has 2 aliphatic heterocycles. The summed E-state index contributed by atoms with van der Waals surface area (Å²) in [5.74, 6) is 0.661. The molecule has 1 spiro atoms. The van der Waals surface area contributed by atoms with Gasteiger partial charge in [-0.1, -0.05) is 13.8 Å². The summed E-state index contributed by atoms with van der Waals surface area (Å²) < 4.78 is 0. The van der Waals surface area contributed by atoms with Gasteiger partial charge in [0.1, 0.15) is 5.54 Å². The molecule has 2 heterocycles. The lowest BCUT2D eigenvalue weighted by atomic mass is 9.77. The van der Waals surface area contributed by atoms with Gasteiger partial charge in [-0.25, -0.2) is 9.69 Å². The van der Waals surface area contributed by atoms with Crippen LogP contribution in [0.3, 0.4) is 0 Å². The smallest absolute Gasteiger partial charge is 0.323 e. The highest BCUT2D eigenvalue weighted by Crippen LogP contribution is 2.36. The maximum Gasteiger partial charge on any atom is 0.326 e. The van der Waals surface area contributed by atoms with Crippen LogP contribution in [-0.4, -0.2) is 71.6 Å². The molecule has 0 unspecified atom stereocenters. The lowest BCUT2D eigenvalue weighted by Gasteiger charge is -2.36. The average molecular weight is 308 g/mol. The van der Waals surface area contributed by atoms with Crippen molar-refractivity contribution in [3.63, 3.8) is 0 Å². The summed E-state index contributed by atoms with van der Waals surface area (Å²) >= 11 is 0. The fraction of sp³-hybridized carbons (Fsp3) is 0.875. The van der Waals surface area contributed by atoms with E-state index in [-0.39, 0.29) is 11.9 Å². The number of piperazine rings is 1. The van der Waals surface area contributed by atoms with Crippen molar-refractivity contribution in [2.75, 3.05) is 39.4 Å². The molecule has 0 aromatic rings. The second-order valence-electron chi connectivity index (χ2n) is 7.12. The number of hydrogen-bond donors (Lipinski definition) is 1. The zero-order chi connectivity index (χ0) is 15.7. The molecule has 0 aromatic carbocycles. The first-order chi connectivity index (χ1) is 10.5. The molecule has 2 saturated heterocycles. The monoisotopic (exact) mass is 308 g/mol. The number of carbonyl (C=O) groups is 2. The van der Waals surface area contributed by atoms with Crippen LogP contribution in [0.1, 0.15) is 39.5 Å². The Morgan fingerprint density at radius 2 is 1.68 bits per heavy atom. The quantitative estimate of drug-likeness (QED) is 0.793. The normalized spacial score (nSPS) is 34.5. The highest BCUT2D eigenvalue weighted by Gasteiger charge is 2.52. The summed E-state index contributed by atoms with van der Waals surface area (Å²) in [5, 5.41) is 3.00. The molecule has 3 fully saturated rings. The molecule has 0 radical (unpaired) electrons. The fourth-order valence-corrected chi connectivity index (χ4v) is 3.85. The topological polar surface area (TPSA) is 55.9 Å². The first-order valence-corrected chi connectivity index (χ1v) is 8.63. The van der Waals surface area contributed by atoms with Crippen LogP contribution < -0.4 is 5.32 Å². The van der Waals surface area contributed by atoms with Gasteiger partial charge in [-0.2, -0.15) is 0 Å². The van der Waals surface area contributed by atoms with E-state index in [0.29, 0.717) is 12.6 Å². The van der Waals surface area contributed by atoms with Gasteiger partial charge in [0, 0.05) is 26.2 Å². The average Bonchev–Trinajstić information content (AvgIpc) is 2.76. The zero-order valence-corrected chi connectivity index (χ0v) is 13.8. The van der Waals surface area contributed by atoms with Crippen molar-refractivity contribution in [3.05, 3.63) is 0 Å². The molecule has 124 valence electrons. The number of rotatable bonds is 3. The Bertz CT molecular complexity index is 437. The van der Waals surface area contributed by atoms with E-state index < -0.39 is 5.54 Å². The number of carbonyl (C=O) groups excluding carboxylic acids is 2. The maximum atomic E-state index is 12.8. The molecule has 3 rings (SSSR count). The Balaban J connectivity index is 1.60. The standard InChI is InChI=1S/C16H28N4O2/c1-3-18-8-10-19(11-9-18)12-20-14(21)16(17-15(20)22)6-4-13(2)5-7-16/h13H,3-12H2,1-2H3,(H,17,22). The minimum Gasteiger partial charge on any atom is -0.323 e. The Kier molecular flexibility index (Phi) is 4.41. The van der Waals surface area contributed by atoms with Gasteiger partial charge >= 0.3 is 6.03 Å². The second kappa shape index (κ2) is 6.16. The number of amides is 3. The summed E-state index contributed by atoms with van der Waals surface area (Å²) in [7, 11) is 0. The number of nitrogens with one attached hydrogen (secondary N) is 1. The molecule has 6 nitrogen and oxygen atoms in total. The zero-order valence-electron chi connectivity index (χ0n) is 13.8. The minimum absolute atomic E-state index is 0.00215. The van der Waals surface area contributed by atoms with Crippen LogP contribution in [0.15, 0.2) is 0 Å². The molecule has 0 atom stereocenters. The Hall–Kier alpha value is -1.14. The SMILES string of the molecule is CCN1CCN(CN2C(=O)NC3(CCC(C)CC3)C2=O)CC1. The molecule has 3 aliphatic rings. The summed E-state index contributed by atoms with van der Waals surface area (Å²) in [4.78, 5) is 31.1. The van der Waals surface area contributed by atoms with Crippen molar-refractivity contribution < 1.29 is 9.59 Å². The van der Waals surface area contributed by atoms with Crippen molar-refractivity contribution in [2.45, 2.75) is 45.1 Å². The van der Waals surface area contributed by atoms with E-state index >= 15 is 0 Å². The largest absolute Gasteiger partial charge is 0.326 e. The predicted molar refractivity (Wildman–Crippen MR) is 84.3 cm³/mol. The molecular formula is C16H28N4O2. The van der Waals surface area contributed by atoms with Crippen LogP contribution in [-0.2, 0) is 4.79 Å². The molecule has 1 N–H and O–H groups in total. The third-order valence-corrected chi connectivity index (χ3v) is 5.63. The third-order valence-electron chi connectivity index (χ3n) is 5.63. The highest BCUT2D eigenvalue weighted by molar-refractivity contribution is 6.07. The predicted octanol–water partition coefficient (Wildman–Crippen LogP) is 1.08. The molecule has 1 saturated carbocycles. The van der Waals surface area contributed by atoms with Gasteiger partial charge < -0.3 is 10.2 Å². The van der Waals surface area contributed by atoms with Crippen LogP contribution >= 0.6 is 0 Å². The minimum atomic E-state index is -0.602. The van der Waals surface area contributed by atoms with Crippen molar-refractivity contribution in [1.82, 2.24) is 20.0 Å². The lowest BCUT2D eigenvalue weighted by molar-refractivity contribution is -0.134. The molecule has 22 heavy (non-hydrogen) atoms. The number of likely N-dealkylation sites (N-methyl/N-ethyl adjacent to an activating group) is 1. The lowest BCUT2D eigenvalue weighted by Crippen LogP contribution is -2.52. The number of urea groups is 1. The molecule has 0 aromatic heterocycles. The molecule has 6 heteroatoms. The summed E-state index contributed by atoms with van der Waals surface area (Å²) in [5.41, 5.74) is -0.602. The molecule has 0 bridgehead atoms. The summed E-state index contributed by atoms with van der Waals surface area (Å²) in [6, 6.07) is -0.197. The molecule has 1 aliphatic carbocycles. The van der Waals surface area contributed by atoms with Crippen LogP contribution in [0.25, 0.3) is 0 Å². The van der Waals surface area contributed by atoms with Gasteiger partial charge in [0.05, 0.1) is 6.67 Å². The van der Waals surface area contributed by atoms with E-state index in [1.165, 1.54) is 4.90 Å². The van der Waals surface area contributed by atoms with Gasteiger partial charge in [-0.3, -0.25) is 9.69 Å². The van der Waals surface area contributed by atoms with Gasteiger partial charge in [0.25, 0.3) is 5.91 Å². The van der Waals surface area contributed by atoms with E-state index in [2.05, 4.69) is 29.0 Å².